The number of hydrogen-bond donors (Lipinski definition) is 3. The number of hydrogen-bond acceptors (Lipinski definition) is 2. The molecule has 1 amide bonds. The second kappa shape index (κ2) is 6.98. The number of aliphatic hydroxyl groups is 1. The van der Waals surface area contributed by atoms with Crippen LogP contribution in [-0.4, -0.2) is 22.6 Å². The number of benzene rings is 1. The van der Waals surface area contributed by atoms with Crippen LogP contribution in [0.5, 0.6) is 0 Å². The van der Waals surface area contributed by atoms with Crippen molar-refractivity contribution >= 4 is 23.2 Å². The summed E-state index contributed by atoms with van der Waals surface area (Å²) in [7, 11) is 0. The van der Waals surface area contributed by atoms with Gasteiger partial charge in [0.05, 0.1) is 11.6 Å². The van der Waals surface area contributed by atoms with Gasteiger partial charge in [0, 0.05) is 23.9 Å². The normalized spacial score (nSPS) is 9.86. The maximum absolute atomic E-state index is 12.0. The molecule has 0 saturated carbocycles. The number of aliphatic hydroxyl groups excluding tert-OH is 1. The highest BCUT2D eigenvalue weighted by Crippen LogP contribution is 2.16. The second-order valence-electron chi connectivity index (χ2n) is 4.55. The quantitative estimate of drug-likeness (QED) is 0.763. The Balaban J connectivity index is 2.17. The molecule has 3 N–H and O–H groups in total. The van der Waals surface area contributed by atoms with Crippen LogP contribution in [0.25, 0.3) is 0 Å². The zero-order chi connectivity index (χ0) is 15.2. The first-order chi connectivity index (χ1) is 10.1. The number of carbonyl (C=O) groups is 1. The second-order valence-corrected chi connectivity index (χ2v) is 4.99. The van der Waals surface area contributed by atoms with E-state index in [0.717, 1.165) is 11.1 Å². The van der Waals surface area contributed by atoms with Gasteiger partial charge in [0.15, 0.2) is 0 Å². The molecule has 0 saturated heterocycles. The molecule has 1 aromatic heterocycles. The predicted octanol–water partition coefficient (Wildman–Crippen LogP) is 2.96. The molecule has 0 aliphatic heterocycles. The zero-order valence-electron chi connectivity index (χ0n) is 11.5. The van der Waals surface area contributed by atoms with Gasteiger partial charge in [-0.15, -0.1) is 0 Å². The van der Waals surface area contributed by atoms with Crippen LogP contribution in [-0.2, 0) is 0 Å². The van der Waals surface area contributed by atoms with E-state index in [1.54, 1.807) is 18.3 Å². The van der Waals surface area contributed by atoms with E-state index < -0.39 is 0 Å². The van der Waals surface area contributed by atoms with Crippen LogP contribution in [0.4, 0.5) is 5.69 Å². The molecular weight excluding hydrogens is 288 g/mol. The van der Waals surface area contributed by atoms with Gasteiger partial charge in [0.25, 0.3) is 5.91 Å². The first-order valence-electron chi connectivity index (χ1n) is 6.45. The first-order valence-corrected chi connectivity index (χ1v) is 6.83. The van der Waals surface area contributed by atoms with Crippen LogP contribution in [0.3, 0.4) is 0 Å². The molecule has 0 bridgehead atoms. The van der Waals surface area contributed by atoms with Crippen molar-refractivity contribution in [1.82, 2.24) is 4.98 Å². The summed E-state index contributed by atoms with van der Waals surface area (Å²) < 4.78 is 0. The SMILES string of the molecule is Cc1cc(C#CCCO)cc(NC(=O)c2cc(Cl)c[nH]2)c1. The Labute approximate surface area is 128 Å². The van der Waals surface area contributed by atoms with Crippen LogP contribution in [0, 0.1) is 18.8 Å². The fourth-order valence-electron chi connectivity index (χ4n) is 1.85. The molecule has 0 aliphatic carbocycles. The van der Waals surface area contributed by atoms with Crippen LogP contribution in [0.1, 0.15) is 28.0 Å². The zero-order valence-corrected chi connectivity index (χ0v) is 12.3. The lowest BCUT2D eigenvalue weighted by atomic mass is 10.1. The highest BCUT2D eigenvalue weighted by molar-refractivity contribution is 6.31. The number of aryl methyl sites for hydroxylation is 1. The van der Waals surface area contributed by atoms with Gasteiger partial charge >= 0.3 is 0 Å². The molecule has 2 aromatic rings. The maximum Gasteiger partial charge on any atom is 0.272 e. The standard InChI is InChI=1S/C16H15ClN2O2/c1-11-6-12(4-2-3-5-20)8-14(7-11)19-16(21)15-9-13(17)10-18-15/h6-10,18,20H,3,5H2,1H3,(H,19,21). The minimum absolute atomic E-state index is 0.0377. The van der Waals surface area contributed by atoms with Crippen molar-refractivity contribution in [3.63, 3.8) is 0 Å². The van der Waals surface area contributed by atoms with Gasteiger partial charge in [-0.1, -0.05) is 23.4 Å². The lowest BCUT2D eigenvalue weighted by Crippen LogP contribution is -2.12. The third-order valence-electron chi connectivity index (χ3n) is 2.70. The molecule has 0 fully saturated rings. The average Bonchev–Trinajstić information content (AvgIpc) is 2.85. The van der Waals surface area contributed by atoms with E-state index in [9.17, 15) is 4.79 Å². The molecule has 0 aliphatic rings. The molecule has 0 spiro atoms. The minimum atomic E-state index is -0.262. The van der Waals surface area contributed by atoms with Crippen LogP contribution in [0.15, 0.2) is 30.5 Å². The van der Waals surface area contributed by atoms with Gasteiger partial charge < -0.3 is 15.4 Å². The summed E-state index contributed by atoms with van der Waals surface area (Å²) >= 11 is 5.78. The van der Waals surface area contributed by atoms with Gasteiger partial charge in [-0.2, -0.15) is 0 Å². The number of rotatable bonds is 3. The summed E-state index contributed by atoms with van der Waals surface area (Å²) in [5.41, 5.74) is 2.85. The van der Waals surface area contributed by atoms with Gasteiger partial charge in [-0.3, -0.25) is 4.79 Å². The summed E-state index contributed by atoms with van der Waals surface area (Å²) in [5.74, 6) is 5.55. The number of halogens is 1. The van der Waals surface area contributed by atoms with E-state index in [2.05, 4.69) is 22.1 Å². The molecule has 108 valence electrons. The highest BCUT2D eigenvalue weighted by atomic mass is 35.5. The fraction of sp³-hybridized carbons (Fsp3) is 0.188. The summed E-state index contributed by atoms with van der Waals surface area (Å²) in [5, 5.41) is 12.0. The van der Waals surface area contributed by atoms with E-state index in [1.165, 1.54) is 0 Å². The van der Waals surface area contributed by atoms with Crippen molar-refractivity contribution in [3.05, 3.63) is 52.3 Å². The molecule has 5 heteroatoms. The van der Waals surface area contributed by atoms with Crippen molar-refractivity contribution in [3.8, 4) is 11.8 Å². The van der Waals surface area contributed by atoms with Crippen LogP contribution >= 0.6 is 11.6 Å². The van der Waals surface area contributed by atoms with Crippen LogP contribution < -0.4 is 5.32 Å². The predicted molar refractivity (Wildman–Crippen MR) is 83.5 cm³/mol. The van der Waals surface area contributed by atoms with Crippen molar-refractivity contribution < 1.29 is 9.90 Å². The number of anilines is 1. The monoisotopic (exact) mass is 302 g/mol. The Kier molecular flexibility index (Phi) is 5.04. The third-order valence-corrected chi connectivity index (χ3v) is 2.92. The average molecular weight is 303 g/mol. The van der Waals surface area contributed by atoms with E-state index in [0.29, 0.717) is 22.8 Å². The van der Waals surface area contributed by atoms with Crippen molar-refractivity contribution in [2.75, 3.05) is 11.9 Å². The van der Waals surface area contributed by atoms with Crippen molar-refractivity contribution in [2.24, 2.45) is 0 Å². The fourth-order valence-corrected chi connectivity index (χ4v) is 2.01. The Hall–Kier alpha value is -2.22. The van der Waals surface area contributed by atoms with Gasteiger partial charge in [-0.25, -0.2) is 0 Å². The highest BCUT2D eigenvalue weighted by Gasteiger charge is 2.08. The molecule has 1 aromatic carbocycles. The first kappa shape index (κ1) is 15.2. The summed E-state index contributed by atoms with van der Waals surface area (Å²) in [6.07, 6.45) is 1.98. The smallest absolute Gasteiger partial charge is 0.272 e. The number of nitrogens with one attached hydrogen (secondary N) is 2. The third kappa shape index (κ3) is 4.38. The van der Waals surface area contributed by atoms with Gasteiger partial charge in [0.1, 0.15) is 5.69 Å². The maximum atomic E-state index is 12.0. The Morgan fingerprint density at radius 1 is 1.38 bits per heavy atom. The molecule has 0 radical (unpaired) electrons. The summed E-state index contributed by atoms with van der Waals surface area (Å²) in [6, 6.07) is 7.14. The van der Waals surface area contributed by atoms with E-state index in [1.807, 2.05) is 19.1 Å². The number of amides is 1. The number of aromatic nitrogens is 1. The van der Waals surface area contributed by atoms with E-state index in [-0.39, 0.29) is 12.5 Å². The van der Waals surface area contributed by atoms with Gasteiger partial charge in [0.2, 0.25) is 0 Å². The number of carbonyl (C=O) groups excluding carboxylic acids is 1. The van der Waals surface area contributed by atoms with E-state index in [4.69, 9.17) is 16.7 Å². The molecule has 0 atom stereocenters. The molecule has 4 nitrogen and oxygen atoms in total. The van der Waals surface area contributed by atoms with E-state index >= 15 is 0 Å². The largest absolute Gasteiger partial charge is 0.395 e. The lowest BCUT2D eigenvalue weighted by Gasteiger charge is -2.06. The molecule has 1 heterocycles. The Bertz CT molecular complexity index is 711. The molecule has 2 rings (SSSR count). The summed E-state index contributed by atoms with van der Waals surface area (Å²) in [4.78, 5) is 14.8. The summed E-state index contributed by atoms with van der Waals surface area (Å²) in [6.45, 7) is 1.97. The van der Waals surface area contributed by atoms with Crippen molar-refractivity contribution in [1.29, 1.82) is 0 Å². The minimum Gasteiger partial charge on any atom is -0.395 e. The van der Waals surface area contributed by atoms with Gasteiger partial charge in [-0.05, 0) is 36.8 Å². The number of aromatic amines is 1. The lowest BCUT2D eigenvalue weighted by molar-refractivity contribution is 0.102. The molecule has 0 unspecified atom stereocenters. The van der Waals surface area contributed by atoms with Crippen LogP contribution in [0.2, 0.25) is 5.02 Å². The Morgan fingerprint density at radius 3 is 2.86 bits per heavy atom. The molecular formula is C16H15ClN2O2. The topological polar surface area (TPSA) is 65.1 Å². The number of H-pyrrole nitrogens is 1. The van der Waals surface area contributed by atoms with Crippen molar-refractivity contribution in [2.45, 2.75) is 13.3 Å². The molecule has 21 heavy (non-hydrogen) atoms. The Morgan fingerprint density at radius 2 is 2.19 bits per heavy atom.